The van der Waals surface area contributed by atoms with Crippen molar-refractivity contribution in [2.45, 2.75) is 129 Å². The van der Waals surface area contributed by atoms with E-state index in [1.54, 1.807) is 14.1 Å². The molecule has 0 aliphatic rings. The predicted molar refractivity (Wildman–Crippen MR) is 116 cm³/mol. The highest BCUT2D eigenvalue weighted by Crippen LogP contribution is 2.14. The molecule has 0 saturated heterocycles. The Bertz CT molecular complexity index is 340. The number of nitrogens with zero attached hydrogens (tertiary/aromatic N) is 1. The van der Waals surface area contributed by atoms with Crippen LogP contribution in [0.25, 0.3) is 0 Å². The summed E-state index contributed by atoms with van der Waals surface area (Å²) in [7, 11) is 3.39. The van der Waals surface area contributed by atoms with Gasteiger partial charge in [-0.2, -0.15) is 4.65 Å². The number of hydroxylamine groups is 3. The molecule has 1 unspecified atom stereocenters. The van der Waals surface area contributed by atoms with E-state index in [2.05, 4.69) is 12.2 Å². The van der Waals surface area contributed by atoms with Crippen LogP contribution in [0.3, 0.4) is 0 Å². The van der Waals surface area contributed by atoms with Gasteiger partial charge in [0.05, 0.1) is 0 Å². The summed E-state index contributed by atoms with van der Waals surface area (Å²) in [4.78, 5) is 12.0. The summed E-state index contributed by atoms with van der Waals surface area (Å²) in [5.74, 6) is 0.0665. The fourth-order valence-corrected chi connectivity index (χ4v) is 3.62. The zero-order chi connectivity index (χ0) is 20.4. The molecule has 1 atom stereocenters. The number of amides is 1. The largest absolute Gasteiger partial charge is 0.304 e. The van der Waals surface area contributed by atoms with Gasteiger partial charge in [-0.3, -0.25) is 4.79 Å². The van der Waals surface area contributed by atoms with E-state index in [1.165, 1.54) is 83.5 Å². The summed E-state index contributed by atoms with van der Waals surface area (Å²) in [6.45, 7) is 4.26. The Kier molecular flexibility index (Phi) is 17.1. The number of quaternary nitrogens is 1. The summed E-state index contributed by atoms with van der Waals surface area (Å²) in [5.41, 5.74) is 0. The summed E-state index contributed by atoms with van der Waals surface area (Å²) in [6.07, 6.45) is 21.1. The topological polar surface area (TPSA) is 49.3 Å². The average molecular weight is 386 g/mol. The Morgan fingerprint density at radius 3 is 1.44 bits per heavy atom. The molecule has 0 aromatic carbocycles. The summed E-state index contributed by atoms with van der Waals surface area (Å²) >= 11 is 0. The second-order valence-corrected chi connectivity index (χ2v) is 8.67. The van der Waals surface area contributed by atoms with Crippen molar-refractivity contribution in [2.24, 2.45) is 0 Å². The van der Waals surface area contributed by atoms with Crippen LogP contribution < -0.4 is 5.32 Å². The van der Waals surface area contributed by atoms with Crippen LogP contribution in [0, 0.1) is 0 Å². The lowest BCUT2D eigenvalue weighted by atomic mass is 10.0. The number of unbranched alkanes of at least 4 members (excludes halogenated alkanes) is 14. The Morgan fingerprint density at radius 2 is 1.11 bits per heavy atom. The van der Waals surface area contributed by atoms with Crippen LogP contribution in [-0.2, 0) is 4.79 Å². The Morgan fingerprint density at radius 1 is 0.741 bits per heavy atom. The van der Waals surface area contributed by atoms with Gasteiger partial charge >= 0.3 is 0 Å². The quantitative estimate of drug-likeness (QED) is 0.114. The van der Waals surface area contributed by atoms with Crippen molar-refractivity contribution >= 4 is 5.91 Å². The molecule has 0 saturated carbocycles. The van der Waals surface area contributed by atoms with Crippen molar-refractivity contribution in [1.82, 2.24) is 5.32 Å². The number of hydrogen-bond acceptors (Lipinski definition) is 2. The molecule has 0 aromatic rings. The van der Waals surface area contributed by atoms with Crippen LogP contribution in [0.1, 0.15) is 123 Å². The molecule has 27 heavy (non-hydrogen) atoms. The average Bonchev–Trinajstić information content (AvgIpc) is 2.62. The zero-order valence-electron chi connectivity index (χ0n) is 18.9. The lowest BCUT2D eigenvalue weighted by Crippen LogP contribution is -2.55. The van der Waals surface area contributed by atoms with Crippen molar-refractivity contribution < 1.29 is 14.6 Å². The molecular weight excluding hydrogens is 336 g/mol. The van der Waals surface area contributed by atoms with Gasteiger partial charge < -0.3 is 5.32 Å². The minimum atomic E-state index is -0.214. The first-order chi connectivity index (χ1) is 12.9. The van der Waals surface area contributed by atoms with E-state index in [0.29, 0.717) is 6.42 Å². The first-order valence-electron chi connectivity index (χ1n) is 11.8. The lowest BCUT2D eigenvalue weighted by molar-refractivity contribution is -1.09. The number of carbonyl (C=O) groups excluding carboxylic acids is 1. The Labute approximate surface area is 169 Å². The van der Waals surface area contributed by atoms with E-state index >= 15 is 0 Å². The van der Waals surface area contributed by atoms with Crippen LogP contribution in [0.5, 0.6) is 0 Å². The molecule has 0 heterocycles. The molecule has 162 valence electrons. The van der Waals surface area contributed by atoms with Gasteiger partial charge in [0.25, 0.3) is 0 Å². The molecule has 1 amide bonds. The van der Waals surface area contributed by atoms with E-state index in [-0.39, 0.29) is 16.7 Å². The van der Waals surface area contributed by atoms with Crippen molar-refractivity contribution in [2.75, 3.05) is 14.1 Å². The van der Waals surface area contributed by atoms with Crippen molar-refractivity contribution in [3.63, 3.8) is 0 Å². The zero-order valence-corrected chi connectivity index (χ0v) is 18.9. The van der Waals surface area contributed by atoms with Crippen molar-refractivity contribution in [3.05, 3.63) is 0 Å². The highest BCUT2D eigenvalue weighted by Gasteiger charge is 2.26. The number of nitrogens with one attached hydrogen (secondary N) is 1. The molecule has 0 rings (SSSR count). The molecule has 4 nitrogen and oxygen atoms in total. The number of hydrogen-bond donors (Lipinski definition) is 2. The van der Waals surface area contributed by atoms with Crippen LogP contribution in [0.15, 0.2) is 0 Å². The third kappa shape index (κ3) is 17.2. The first-order valence-corrected chi connectivity index (χ1v) is 11.8. The second-order valence-electron chi connectivity index (χ2n) is 8.67. The van der Waals surface area contributed by atoms with Crippen LogP contribution in [0.2, 0.25) is 0 Å². The molecule has 0 aromatic heterocycles. The molecule has 4 heteroatoms. The first kappa shape index (κ1) is 26.4. The summed E-state index contributed by atoms with van der Waals surface area (Å²) in [5, 5.41) is 12.9. The molecular formula is C23H49N2O2+. The number of rotatable bonds is 19. The molecule has 0 fully saturated rings. The van der Waals surface area contributed by atoms with Gasteiger partial charge in [-0.05, 0) is 6.42 Å². The summed E-state index contributed by atoms with van der Waals surface area (Å²) in [6, 6.07) is 0. The molecule has 0 aliphatic carbocycles. The molecule has 0 radical (unpaired) electrons. The monoisotopic (exact) mass is 385 g/mol. The predicted octanol–water partition coefficient (Wildman–Crippen LogP) is 6.57. The third-order valence-electron chi connectivity index (χ3n) is 5.48. The van der Waals surface area contributed by atoms with Crippen LogP contribution in [-0.4, -0.2) is 36.0 Å². The van der Waals surface area contributed by atoms with E-state index in [0.717, 1.165) is 19.3 Å². The normalized spacial score (nSPS) is 12.9. The maximum Gasteiger partial charge on any atom is 0.224 e. The fourth-order valence-electron chi connectivity index (χ4n) is 3.62. The minimum Gasteiger partial charge on any atom is -0.304 e. The lowest BCUT2D eigenvalue weighted by Gasteiger charge is -2.29. The Hall–Kier alpha value is -0.610. The maximum absolute atomic E-state index is 12.0. The van der Waals surface area contributed by atoms with Crippen LogP contribution in [0.4, 0.5) is 0 Å². The highest BCUT2D eigenvalue weighted by molar-refractivity contribution is 5.75. The van der Waals surface area contributed by atoms with Gasteiger partial charge in [0.15, 0.2) is 6.17 Å². The number of carbonyl (C=O) groups is 1. The van der Waals surface area contributed by atoms with E-state index < -0.39 is 0 Å². The highest BCUT2D eigenvalue weighted by atomic mass is 16.5. The van der Waals surface area contributed by atoms with E-state index in [9.17, 15) is 10.0 Å². The molecule has 0 bridgehead atoms. The molecule has 0 aliphatic heterocycles. The van der Waals surface area contributed by atoms with Gasteiger partial charge in [-0.1, -0.05) is 104 Å². The SMILES string of the molecule is CCCCCCCCCCCCCCCCCC(=O)NC(CC)[N+](C)(C)O. The van der Waals surface area contributed by atoms with Gasteiger partial charge in [-0.15, -0.1) is 0 Å². The van der Waals surface area contributed by atoms with E-state index in [4.69, 9.17) is 0 Å². The fraction of sp³-hybridized carbons (Fsp3) is 0.957. The standard InChI is InChI=1S/C23H48N2O2/c1-5-7-8-9-10-11-12-13-14-15-16-17-18-19-20-21-23(26)24-22(6-2)25(3,4)27/h22,27H,5-21H2,1-4H3/p+1. The molecule has 0 spiro atoms. The van der Waals surface area contributed by atoms with Crippen molar-refractivity contribution in [1.29, 1.82) is 0 Å². The maximum atomic E-state index is 12.0. The Balaban J connectivity index is 3.34. The van der Waals surface area contributed by atoms with Gasteiger partial charge in [0.2, 0.25) is 5.91 Å². The van der Waals surface area contributed by atoms with E-state index in [1.807, 2.05) is 6.92 Å². The smallest absolute Gasteiger partial charge is 0.224 e. The minimum absolute atomic E-state index is 0.0665. The van der Waals surface area contributed by atoms with Crippen molar-refractivity contribution in [3.8, 4) is 0 Å². The van der Waals surface area contributed by atoms with Crippen LogP contribution >= 0.6 is 0 Å². The third-order valence-corrected chi connectivity index (χ3v) is 5.48. The second kappa shape index (κ2) is 17.5. The molecule has 2 N–H and O–H groups in total. The van der Waals surface area contributed by atoms with Gasteiger partial charge in [-0.25, -0.2) is 5.21 Å². The summed E-state index contributed by atoms with van der Waals surface area (Å²) < 4.78 is -0.207. The van der Waals surface area contributed by atoms with Gasteiger partial charge in [0, 0.05) is 12.8 Å². The van der Waals surface area contributed by atoms with Gasteiger partial charge in [0.1, 0.15) is 14.1 Å².